The molecule has 1 aromatic heterocycles. The minimum absolute atomic E-state index is 0.275. The first kappa shape index (κ1) is 14.1. The average molecular weight is 293 g/mol. The van der Waals surface area contributed by atoms with Crippen molar-refractivity contribution in [3.8, 4) is 16.9 Å². The third kappa shape index (κ3) is 2.91. The summed E-state index contributed by atoms with van der Waals surface area (Å²) in [5.74, 6) is 0.446. The van der Waals surface area contributed by atoms with E-state index in [9.17, 15) is 4.79 Å². The number of pyridine rings is 1. The van der Waals surface area contributed by atoms with E-state index in [4.69, 9.17) is 9.47 Å². The Kier molecular flexibility index (Phi) is 4.01. The molecule has 4 nitrogen and oxygen atoms in total. The highest BCUT2D eigenvalue weighted by Gasteiger charge is 2.10. The fraction of sp³-hybridized carbons (Fsp3) is 0.111. The largest absolute Gasteiger partial charge is 0.513 e. The van der Waals surface area contributed by atoms with Crippen molar-refractivity contribution < 1.29 is 14.3 Å². The Morgan fingerprint density at radius 3 is 2.64 bits per heavy atom. The molecular formula is C18H15NO3. The Labute approximate surface area is 128 Å². The van der Waals surface area contributed by atoms with E-state index in [0.29, 0.717) is 5.75 Å². The molecule has 0 amide bonds. The van der Waals surface area contributed by atoms with Gasteiger partial charge in [-0.2, -0.15) is 0 Å². The summed E-state index contributed by atoms with van der Waals surface area (Å²) in [7, 11) is 0. The van der Waals surface area contributed by atoms with Crippen molar-refractivity contribution in [2.45, 2.75) is 6.92 Å². The van der Waals surface area contributed by atoms with E-state index in [1.54, 1.807) is 19.1 Å². The summed E-state index contributed by atoms with van der Waals surface area (Å²) in [5, 5.41) is 0.775. The van der Waals surface area contributed by atoms with Gasteiger partial charge in [-0.05, 0) is 30.7 Å². The lowest BCUT2D eigenvalue weighted by Crippen LogP contribution is -2.10. The van der Waals surface area contributed by atoms with Crippen LogP contribution in [0.3, 0.4) is 0 Å². The number of aromatic nitrogens is 1. The van der Waals surface area contributed by atoms with Crippen LogP contribution in [-0.2, 0) is 4.74 Å². The second kappa shape index (κ2) is 6.26. The van der Waals surface area contributed by atoms with Gasteiger partial charge in [0.1, 0.15) is 5.75 Å². The third-order valence-electron chi connectivity index (χ3n) is 3.25. The van der Waals surface area contributed by atoms with Gasteiger partial charge in [-0.25, -0.2) is 4.79 Å². The topological polar surface area (TPSA) is 48.4 Å². The summed E-state index contributed by atoms with van der Waals surface area (Å²) in [6.45, 7) is 2.01. The van der Waals surface area contributed by atoms with Gasteiger partial charge in [0.2, 0.25) is 0 Å². The van der Waals surface area contributed by atoms with Crippen LogP contribution in [0.5, 0.6) is 5.75 Å². The number of benzene rings is 2. The molecule has 0 aliphatic rings. The van der Waals surface area contributed by atoms with Gasteiger partial charge in [0.25, 0.3) is 0 Å². The fourth-order valence-electron chi connectivity index (χ4n) is 2.24. The molecule has 1 heterocycles. The van der Waals surface area contributed by atoms with Gasteiger partial charge in [0, 0.05) is 17.1 Å². The number of nitrogens with zero attached hydrogens (tertiary/aromatic N) is 1. The lowest BCUT2D eigenvalue weighted by Gasteiger charge is -2.08. The van der Waals surface area contributed by atoms with E-state index < -0.39 is 6.16 Å². The monoisotopic (exact) mass is 293 g/mol. The normalized spacial score (nSPS) is 10.4. The lowest BCUT2D eigenvalue weighted by atomic mass is 10.1. The number of carbonyl (C=O) groups is 1. The Balaban J connectivity index is 2.04. The van der Waals surface area contributed by atoms with E-state index in [-0.39, 0.29) is 6.61 Å². The maximum absolute atomic E-state index is 11.5. The van der Waals surface area contributed by atoms with Crippen molar-refractivity contribution in [3.05, 3.63) is 60.8 Å². The van der Waals surface area contributed by atoms with Gasteiger partial charge in [0.05, 0.1) is 12.1 Å². The SMILES string of the molecule is CCOC(=O)Oc1cccc2ncc(-c3ccccc3)cc12. The predicted octanol–water partition coefficient (Wildman–Crippen LogP) is 4.44. The molecule has 3 aromatic rings. The molecule has 0 fully saturated rings. The molecule has 0 aliphatic heterocycles. The van der Waals surface area contributed by atoms with E-state index in [1.807, 2.05) is 48.7 Å². The van der Waals surface area contributed by atoms with Crippen molar-refractivity contribution in [2.75, 3.05) is 6.61 Å². The predicted molar refractivity (Wildman–Crippen MR) is 84.8 cm³/mol. The van der Waals surface area contributed by atoms with Crippen LogP contribution in [0, 0.1) is 0 Å². The van der Waals surface area contributed by atoms with Crippen molar-refractivity contribution >= 4 is 17.1 Å². The third-order valence-corrected chi connectivity index (χ3v) is 3.25. The van der Waals surface area contributed by atoms with Gasteiger partial charge in [-0.15, -0.1) is 0 Å². The van der Waals surface area contributed by atoms with Crippen molar-refractivity contribution in [2.24, 2.45) is 0 Å². The van der Waals surface area contributed by atoms with E-state index in [1.165, 1.54) is 0 Å². The van der Waals surface area contributed by atoms with Crippen LogP contribution in [0.15, 0.2) is 60.8 Å². The molecule has 0 unspecified atom stereocenters. The Hall–Kier alpha value is -2.88. The maximum Gasteiger partial charge on any atom is 0.513 e. The first-order chi connectivity index (χ1) is 10.8. The summed E-state index contributed by atoms with van der Waals surface area (Å²) in [6, 6.07) is 17.3. The number of rotatable bonds is 3. The summed E-state index contributed by atoms with van der Waals surface area (Å²) in [6.07, 6.45) is 1.10. The van der Waals surface area contributed by atoms with Crippen molar-refractivity contribution in [3.63, 3.8) is 0 Å². The second-order valence-electron chi connectivity index (χ2n) is 4.70. The maximum atomic E-state index is 11.5. The highest BCUT2D eigenvalue weighted by molar-refractivity contribution is 5.90. The number of carbonyl (C=O) groups excluding carboxylic acids is 1. The molecule has 110 valence electrons. The summed E-state index contributed by atoms with van der Waals surface area (Å²) in [5.41, 5.74) is 2.79. The van der Waals surface area contributed by atoms with Crippen LogP contribution >= 0.6 is 0 Å². The highest BCUT2D eigenvalue weighted by Crippen LogP contribution is 2.29. The zero-order valence-corrected chi connectivity index (χ0v) is 12.2. The number of ether oxygens (including phenoxy) is 2. The molecule has 0 aliphatic carbocycles. The number of hydrogen-bond donors (Lipinski definition) is 0. The first-order valence-corrected chi connectivity index (χ1v) is 7.06. The summed E-state index contributed by atoms with van der Waals surface area (Å²) in [4.78, 5) is 16.0. The van der Waals surface area contributed by atoms with E-state index in [2.05, 4.69) is 4.98 Å². The quantitative estimate of drug-likeness (QED) is 0.529. The highest BCUT2D eigenvalue weighted by atomic mass is 16.7. The van der Waals surface area contributed by atoms with E-state index >= 15 is 0 Å². The molecule has 0 spiro atoms. The molecule has 0 atom stereocenters. The van der Waals surface area contributed by atoms with Crippen LogP contribution < -0.4 is 4.74 Å². The molecular weight excluding hydrogens is 278 g/mol. The van der Waals surface area contributed by atoms with Crippen molar-refractivity contribution in [1.29, 1.82) is 0 Å². The van der Waals surface area contributed by atoms with Gasteiger partial charge in [-0.3, -0.25) is 4.98 Å². The minimum Gasteiger partial charge on any atom is -0.434 e. The molecule has 0 radical (unpaired) electrons. The molecule has 0 bridgehead atoms. The van der Waals surface area contributed by atoms with Gasteiger partial charge < -0.3 is 9.47 Å². The van der Waals surface area contributed by atoms with Crippen LogP contribution in [0.4, 0.5) is 4.79 Å². The average Bonchev–Trinajstić information content (AvgIpc) is 2.56. The second-order valence-corrected chi connectivity index (χ2v) is 4.70. The molecule has 0 N–H and O–H groups in total. The zero-order chi connectivity index (χ0) is 15.4. The Bertz CT molecular complexity index is 800. The lowest BCUT2D eigenvalue weighted by molar-refractivity contribution is 0.105. The van der Waals surface area contributed by atoms with Crippen LogP contribution in [0.1, 0.15) is 6.92 Å². The van der Waals surface area contributed by atoms with Gasteiger partial charge in [-0.1, -0.05) is 36.4 Å². The summed E-state index contributed by atoms with van der Waals surface area (Å²) < 4.78 is 10.1. The fourth-order valence-corrected chi connectivity index (χ4v) is 2.24. The number of fused-ring (bicyclic) bond motifs is 1. The molecule has 4 heteroatoms. The molecule has 0 saturated heterocycles. The van der Waals surface area contributed by atoms with Gasteiger partial charge in [0.15, 0.2) is 0 Å². The number of hydrogen-bond acceptors (Lipinski definition) is 4. The molecule has 3 rings (SSSR count). The minimum atomic E-state index is -0.708. The smallest absolute Gasteiger partial charge is 0.434 e. The van der Waals surface area contributed by atoms with E-state index in [0.717, 1.165) is 22.0 Å². The van der Waals surface area contributed by atoms with Gasteiger partial charge >= 0.3 is 6.16 Å². The molecule has 2 aromatic carbocycles. The molecule has 22 heavy (non-hydrogen) atoms. The zero-order valence-electron chi connectivity index (χ0n) is 12.2. The van der Waals surface area contributed by atoms with Crippen LogP contribution in [-0.4, -0.2) is 17.7 Å². The Morgan fingerprint density at radius 2 is 1.86 bits per heavy atom. The first-order valence-electron chi connectivity index (χ1n) is 7.06. The molecule has 0 saturated carbocycles. The van der Waals surface area contributed by atoms with Crippen LogP contribution in [0.25, 0.3) is 22.0 Å². The van der Waals surface area contributed by atoms with Crippen LogP contribution in [0.2, 0.25) is 0 Å². The standard InChI is InChI=1S/C18H15NO3/c1-2-21-18(20)22-17-10-6-9-16-15(17)11-14(12-19-16)13-7-4-3-5-8-13/h3-12H,2H2,1H3. The summed E-state index contributed by atoms with van der Waals surface area (Å²) >= 11 is 0. The Morgan fingerprint density at radius 1 is 1.05 bits per heavy atom. The van der Waals surface area contributed by atoms with Crippen molar-refractivity contribution in [1.82, 2.24) is 4.98 Å².